The molecule has 3 rings (SSSR count). The first-order chi connectivity index (χ1) is 13.3. The Morgan fingerprint density at radius 3 is 2.34 bits per heavy atom. The molecule has 0 aliphatic carbocycles. The first kappa shape index (κ1) is 21.8. The first-order valence-electron chi connectivity index (χ1n) is 10.2. The van der Waals surface area contributed by atoms with Crippen molar-refractivity contribution in [1.29, 1.82) is 0 Å². The molecule has 0 N–H and O–H groups in total. The van der Waals surface area contributed by atoms with Crippen molar-refractivity contribution in [3.05, 3.63) is 12.4 Å². The van der Waals surface area contributed by atoms with Crippen LogP contribution in [0.15, 0.2) is 12.4 Å². The molecule has 0 bridgehead atoms. The second-order valence-corrected chi connectivity index (χ2v) is 9.86. The lowest BCUT2D eigenvalue weighted by atomic mass is 9.85. The third kappa shape index (κ3) is 4.66. The molecule has 2 fully saturated rings. The normalized spacial score (nSPS) is 24.0. The molecule has 1 aromatic rings. The highest BCUT2D eigenvalue weighted by Gasteiger charge is 2.52. The third-order valence-corrected chi connectivity index (χ3v) is 5.71. The highest BCUT2D eigenvalue weighted by molar-refractivity contribution is 6.61. The molecular weight excluding hydrogens is 371 g/mol. The zero-order valence-corrected chi connectivity index (χ0v) is 18.9. The Hall–Kier alpha value is -1.87. The van der Waals surface area contributed by atoms with Gasteiger partial charge in [-0.25, -0.2) is 9.78 Å². The van der Waals surface area contributed by atoms with Crippen LogP contribution in [0, 0.1) is 0 Å². The van der Waals surface area contributed by atoms with Crippen molar-refractivity contribution in [3.8, 4) is 0 Å². The molecule has 2 aliphatic heterocycles. The summed E-state index contributed by atoms with van der Waals surface area (Å²) in [6.45, 7) is 17.6. The van der Waals surface area contributed by atoms with E-state index in [4.69, 9.17) is 19.0 Å². The summed E-state index contributed by atoms with van der Waals surface area (Å²) in [5.41, 5.74) is -0.703. The monoisotopic (exact) mass is 404 g/mol. The van der Waals surface area contributed by atoms with Gasteiger partial charge in [0, 0.05) is 31.9 Å². The average molecular weight is 404 g/mol. The lowest BCUT2D eigenvalue weighted by Gasteiger charge is -2.40. The minimum Gasteiger partial charge on any atom is -0.444 e. The van der Waals surface area contributed by atoms with Crippen LogP contribution in [0.2, 0.25) is 0 Å². The summed E-state index contributed by atoms with van der Waals surface area (Å²) < 4.78 is 17.7. The number of ether oxygens (including phenoxy) is 1. The molecule has 0 aromatic carbocycles. The maximum atomic E-state index is 12.4. The Labute approximate surface area is 174 Å². The van der Waals surface area contributed by atoms with E-state index < -0.39 is 23.9 Å². The zero-order valence-electron chi connectivity index (χ0n) is 18.9. The van der Waals surface area contributed by atoms with Gasteiger partial charge in [-0.15, -0.1) is 0 Å². The van der Waals surface area contributed by atoms with E-state index in [-0.39, 0.29) is 12.1 Å². The van der Waals surface area contributed by atoms with Gasteiger partial charge in [0.1, 0.15) is 11.4 Å². The molecule has 29 heavy (non-hydrogen) atoms. The SMILES string of the molecule is C[C@H]1CN(c2cncc(B3OC(C)(C)C(C)(C)O3)n2)CCN1C(=O)OC(C)(C)C. The molecule has 0 saturated carbocycles. The lowest BCUT2D eigenvalue weighted by Crippen LogP contribution is -2.55. The van der Waals surface area contributed by atoms with Gasteiger partial charge < -0.3 is 23.8 Å². The van der Waals surface area contributed by atoms with Gasteiger partial charge in [-0.1, -0.05) is 0 Å². The maximum absolute atomic E-state index is 12.4. The highest BCUT2D eigenvalue weighted by Crippen LogP contribution is 2.36. The van der Waals surface area contributed by atoms with Crippen molar-refractivity contribution < 1.29 is 18.8 Å². The highest BCUT2D eigenvalue weighted by atomic mass is 16.7. The number of hydrogen-bond donors (Lipinski definition) is 0. The van der Waals surface area contributed by atoms with E-state index in [1.807, 2.05) is 55.4 Å². The van der Waals surface area contributed by atoms with E-state index in [2.05, 4.69) is 9.88 Å². The Kier molecular flexibility index (Phi) is 5.60. The molecule has 2 aliphatic rings. The van der Waals surface area contributed by atoms with E-state index in [0.717, 1.165) is 5.82 Å². The Bertz CT molecular complexity index is 749. The quantitative estimate of drug-likeness (QED) is 0.700. The lowest BCUT2D eigenvalue weighted by molar-refractivity contribution is 0.00578. The smallest absolute Gasteiger partial charge is 0.444 e. The standard InChI is InChI=1S/C20H33BN4O4/c1-14-13-24(9-10-25(14)17(26)27-18(2,3)4)16-12-22-11-15(23-16)21-28-19(5,6)20(7,8)29-21/h11-12,14H,9-10,13H2,1-8H3/t14-/m0/s1. The van der Waals surface area contributed by atoms with Crippen LogP contribution in [0.3, 0.4) is 0 Å². The van der Waals surface area contributed by atoms with Crippen LogP contribution in [0.4, 0.5) is 10.6 Å². The Balaban J connectivity index is 1.69. The van der Waals surface area contributed by atoms with E-state index in [1.165, 1.54) is 0 Å². The molecule has 160 valence electrons. The molecule has 3 heterocycles. The van der Waals surface area contributed by atoms with Gasteiger partial charge in [-0.3, -0.25) is 4.98 Å². The fraction of sp³-hybridized carbons (Fsp3) is 0.750. The fourth-order valence-electron chi connectivity index (χ4n) is 3.36. The van der Waals surface area contributed by atoms with Crippen molar-refractivity contribution in [2.24, 2.45) is 0 Å². The predicted octanol–water partition coefficient (Wildman–Crippen LogP) is 2.22. The van der Waals surface area contributed by atoms with Crippen LogP contribution >= 0.6 is 0 Å². The van der Waals surface area contributed by atoms with Crippen molar-refractivity contribution in [2.45, 2.75) is 78.2 Å². The van der Waals surface area contributed by atoms with Gasteiger partial charge in [0.2, 0.25) is 0 Å². The molecule has 2 saturated heterocycles. The van der Waals surface area contributed by atoms with Crippen LogP contribution < -0.4 is 10.5 Å². The van der Waals surface area contributed by atoms with Crippen LogP contribution in [-0.2, 0) is 14.0 Å². The number of anilines is 1. The summed E-state index contributed by atoms with van der Waals surface area (Å²) in [5.74, 6) is 0.757. The molecule has 1 amide bonds. The number of amides is 1. The minimum atomic E-state index is -0.548. The third-order valence-electron chi connectivity index (χ3n) is 5.71. The van der Waals surface area contributed by atoms with Gasteiger partial charge in [0.25, 0.3) is 0 Å². The van der Waals surface area contributed by atoms with Crippen LogP contribution in [0.5, 0.6) is 0 Å². The van der Waals surface area contributed by atoms with Crippen molar-refractivity contribution in [3.63, 3.8) is 0 Å². The second kappa shape index (κ2) is 7.43. The summed E-state index contributed by atoms with van der Waals surface area (Å²) >= 11 is 0. The summed E-state index contributed by atoms with van der Waals surface area (Å²) in [6, 6.07) is 0.000836. The Morgan fingerprint density at radius 2 is 1.79 bits per heavy atom. The van der Waals surface area contributed by atoms with Crippen molar-refractivity contribution >= 4 is 24.6 Å². The van der Waals surface area contributed by atoms with Gasteiger partial charge in [-0.05, 0) is 55.4 Å². The first-order valence-corrected chi connectivity index (χ1v) is 10.2. The summed E-state index contributed by atoms with van der Waals surface area (Å²) in [7, 11) is -0.548. The number of aromatic nitrogens is 2. The van der Waals surface area contributed by atoms with Crippen molar-refractivity contribution in [2.75, 3.05) is 24.5 Å². The number of nitrogens with zero attached hydrogens (tertiary/aromatic N) is 4. The fourth-order valence-corrected chi connectivity index (χ4v) is 3.36. The van der Waals surface area contributed by atoms with E-state index in [9.17, 15) is 4.79 Å². The van der Waals surface area contributed by atoms with E-state index in [1.54, 1.807) is 17.3 Å². The molecule has 0 spiro atoms. The largest absolute Gasteiger partial charge is 0.516 e. The van der Waals surface area contributed by atoms with E-state index >= 15 is 0 Å². The Morgan fingerprint density at radius 1 is 1.17 bits per heavy atom. The summed E-state index contributed by atoms with van der Waals surface area (Å²) in [4.78, 5) is 25.5. The second-order valence-electron chi connectivity index (χ2n) is 9.86. The molecule has 0 unspecified atom stereocenters. The molecular formula is C20H33BN4O4. The number of piperazine rings is 1. The molecule has 0 radical (unpaired) electrons. The van der Waals surface area contributed by atoms with Crippen LogP contribution in [-0.4, -0.2) is 70.6 Å². The number of carbonyl (C=O) groups is 1. The number of rotatable bonds is 2. The summed E-state index contributed by atoms with van der Waals surface area (Å²) in [6.07, 6.45) is 3.15. The predicted molar refractivity (Wildman–Crippen MR) is 112 cm³/mol. The average Bonchev–Trinajstić information content (AvgIpc) is 2.81. The van der Waals surface area contributed by atoms with E-state index in [0.29, 0.717) is 25.2 Å². The maximum Gasteiger partial charge on any atom is 0.516 e. The van der Waals surface area contributed by atoms with Gasteiger partial charge in [-0.2, -0.15) is 0 Å². The topological polar surface area (TPSA) is 77.0 Å². The van der Waals surface area contributed by atoms with Crippen LogP contribution in [0.25, 0.3) is 0 Å². The van der Waals surface area contributed by atoms with Crippen molar-refractivity contribution in [1.82, 2.24) is 14.9 Å². The van der Waals surface area contributed by atoms with Gasteiger partial charge in [0.15, 0.2) is 0 Å². The number of carbonyl (C=O) groups excluding carboxylic acids is 1. The van der Waals surface area contributed by atoms with Crippen LogP contribution in [0.1, 0.15) is 55.4 Å². The molecule has 1 aromatic heterocycles. The minimum absolute atomic E-state index is 0.000836. The zero-order chi connectivity index (χ0) is 21.6. The molecule has 1 atom stereocenters. The van der Waals surface area contributed by atoms with Gasteiger partial charge >= 0.3 is 13.2 Å². The number of hydrogen-bond acceptors (Lipinski definition) is 7. The molecule has 8 nitrogen and oxygen atoms in total. The molecule has 9 heteroatoms. The summed E-state index contributed by atoms with van der Waals surface area (Å²) in [5, 5.41) is 0. The van der Waals surface area contributed by atoms with Gasteiger partial charge in [0.05, 0.1) is 23.0 Å².